The summed E-state index contributed by atoms with van der Waals surface area (Å²) in [5.74, 6) is 1.15. The van der Waals surface area contributed by atoms with Gasteiger partial charge in [0.05, 0.1) is 26.9 Å². The van der Waals surface area contributed by atoms with Gasteiger partial charge in [-0.05, 0) is 35.9 Å². The number of ether oxygens (including phenoxy) is 3. The van der Waals surface area contributed by atoms with E-state index in [9.17, 15) is 4.79 Å². The van der Waals surface area contributed by atoms with Gasteiger partial charge in [0, 0.05) is 5.56 Å². The van der Waals surface area contributed by atoms with Gasteiger partial charge in [0.1, 0.15) is 5.52 Å². The molecule has 3 aromatic carbocycles. The molecule has 0 spiro atoms. The highest BCUT2D eigenvalue weighted by Gasteiger charge is 2.23. The van der Waals surface area contributed by atoms with Crippen molar-refractivity contribution in [2.24, 2.45) is 0 Å². The molecule has 0 aliphatic carbocycles. The van der Waals surface area contributed by atoms with Crippen LogP contribution in [-0.4, -0.2) is 32.1 Å². The zero-order chi connectivity index (χ0) is 21.8. The number of rotatable bonds is 7. The fourth-order valence-corrected chi connectivity index (χ4v) is 3.30. The molecule has 0 N–H and O–H groups in total. The van der Waals surface area contributed by atoms with Crippen molar-refractivity contribution in [2.75, 3.05) is 21.3 Å². The van der Waals surface area contributed by atoms with Crippen molar-refractivity contribution in [1.29, 1.82) is 0 Å². The number of ketones is 1. The molecule has 0 unspecified atom stereocenters. The van der Waals surface area contributed by atoms with Crippen LogP contribution in [0.1, 0.15) is 21.8 Å². The number of nitrogens with zero attached hydrogens (tertiary/aromatic N) is 1. The molecule has 0 aliphatic rings. The third-order valence-electron chi connectivity index (χ3n) is 4.81. The number of fused-ring (bicyclic) bond motifs is 1. The second-order valence-electron chi connectivity index (χ2n) is 6.70. The molecule has 0 saturated heterocycles. The summed E-state index contributed by atoms with van der Waals surface area (Å²) in [5.41, 5.74) is 2.81. The Morgan fingerprint density at radius 3 is 2.13 bits per heavy atom. The maximum atomic E-state index is 13.6. The largest absolute Gasteiger partial charge is 0.493 e. The first-order valence-corrected chi connectivity index (χ1v) is 9.62. The first-order valence-electron chi connectivity index (χ1n) is 9.62. The van der Waals surface area contributed by atoms with Crippen molar-refractivity contribution in [3.05, 3.63) is 83.7 Å². The Morgan fingerprint density at radius 1 is 0.871 bits per heavy atom. The monoisotopic (exact) mass is 415 g/mol. The van der Waals surface area contributed by atoms with E-state index in [-0.39, 0.29) is 11.7 Å². The molecule has 156 valence electrons. The van der Waals surface area contributed by atoms with Crippen LogP contribution in [0.4, 0.5) is 0 Å². The Morgan fingerprint density at radius 2 is 1.52 bits per heavy atom. The molecule has 0 radical (unpaired) electrons. The lowest BCUT2D eigenvalue weighted by Gasteiger charge is -2.14. The van der Waals surface area contributed by atoms with Crippen LogP contribution in [-0.2, 0) is 0 Å². The molecule has 6 heteroatoms. The smallest absolute Gasteiger partial charge is 0.231 e. The number of para-hydroxylation sites is 2. The van der Waals surface area contributed by atoms with Crippen LogP contribution in [0.5, 0.6) is 17.2 Å². The van der Waals surface area contributed by atoms with Crippen molar-refractivity contribution in [2.45, 2.75) is 0 Å². The van der Waals surface area contributed by atoms with E-state index in [1.165, 1.54) is 21.3 Å². The van der Waals surface area contributed by atoms with Gasteiger partial charge in [0.2, 0.25) is 11.6 Å². The normalized spacial score (nSPS) is 11.4. The standard InChI is InChI=1S/C25H21NO5/c1-28-21-14-17(15-22(29-2)24(21)30-3)23(27)18(13-16-9-5-4-6-10-16)25-26-19-11-7-8-12-20(19)31-25/h4-15H,1-3H3/b18-13-. The summed E-state index contributed by atoms with van der Waals surface area (Å²) < 4.78 is 22.1. The third-order valence-corrected chi connectivity index (χ3v) is 4.81. The van der Waals surface area contributed by atoms with Crippen molar-refractivity contribution < 1.29 is 23.4 Å². The van der Waals surface area contributed by atoms with Crippen molar-refractivity contribution >= 4 is 28.5 Å². The molecule has 0 aliphatic heterocycles. The molecule has 0 fully saturated rings. The fraction of sp³-hybridized carbons (Fsp3) is 0.120. The second kappa shape index (κ2) is 8.75. The Kier molecular flexibility index (Phi) is 5.71. The van der Waals surface area contributed by atoms with Crippen LogP contribution in [0, 0.1) is 0 Å². The van der Waals surface area contributed by atoms with Gasteiger partial charge in [-0.25, -0.2) is 4.98 Å². The summed E-state index contributed by atoms with van der Waals surface area (Å²) in [7, 11) is 4.53. The molecule has 0 bridgehead atoms. The lowest BCUT2D eigenvalue weighted by molar-refractivity contribution is 0.105. The lowest BCUT2D eigenvalue weighted by atomic mass is 10.00. The molecule has 6 nitrogen and oxygen atoms in total. The predicted octanol–water partition coefficient (Wildman–Crippen LogP) is 5.28. The summed E-state index contributed by atoms with van der Waals surface area (Å²) in [4.78, 5) is 18.2. The Bertz CT molecular complexity index is 1200. The summed E-state index contributed by atoms with van der Waals surface area (Å²) in [6, 6.07) is 20.2. The molecule has 0 saturated carbocycles. The number of benzene rings is 3. The van der Waals surface area contributed by atoms with E-state index in [1.807, 2.05) is 54.6 Å². The van der Waals surface area contributed by atoms with Gasteiger partial charge in [0.15, 0.2) is 22.9 Å². The zero-order valence-electron chi connectivity index (χ0n) is 17.4. The topological polar surface area (TPSA) is 70.8 Å². The molecular formula is C25H21NO5. The van der Waals surface area contributed by atoms with Gasteiger partial charge < -0.3 is 18.6 Å². The minimum Gasteiger partial charge on any atom is -0.493 e. The number of aromatic nitrogens is 1. The summed E-state index contributed by atoms with van der Waals surface area (Å²) in [5, 5.41) is 0. The fourth-order valence-electron chi connectivity index (χ4n) is 3.30. The van der Waals surface area contributed by atoms with E-state index in [1.54, 1.807) is 18.2 Å². The van der Waals surface area contributed by atoms with Crippen molar-refractivity contribution in [3.8, 4) is 17.2 Å². The van der Waals surface area contributed by atoms with Gasteiger partial charge in [-0.1, -0.05) is 42.5 Å². The number of hydrogen-bond acceptors (Lipinski definition) is 6. The highest BCUT2D eigenvalue weighted by molar-refractivity contribution is 6.31. The van der Waals surface area contributed by atoms with Crippen LogP contribution < -0.4 is 14.2 Å². The molecule has 0 amide bonds. The van der Waals surface area contributed by atoms with Gasteiger partial charge >= 0.3 is 0 Å². The van der Waals surface area contributed by atoms with E-state index >= 15 is 0 Å². The quantitative estimate of drug-likeness (QED) is 0.302. The summed E-state index contributed by atoms with van der Waals surface area (Å²) in [6.45, 7) is 0. The number of carbonyl (C=O) groups excluding carboxylic acids is 1. The van der Waals surface area contributed by atoms with Crippen LogP contribution in [0.15, 0.2) is 71.1 Å². The van der Waals surface area contributed by atoms with Crippen LogP contribution in [0.3, 0.4) is 0 Å². The zero-order valence-corrected chi connectivity index (χ0v) is 17.4. The van der Waals surface area contributed by atoms with Gasteiger partial charge in [0.25, 0.3) is 0 Å². The number of Topliss-reactive ketones (excluding diaryl/α,β-unsaturated/α-hetero) is 1. The highest BCUT2D eigenvalue weighted by Crippen LogP contribution is 2.39. The minimum absolute atomic E-state index is 0.240. The van der Waals surface area contributed by atoms with E-state index < -0.39 is 0 Å². The van der Waals surface area contributed by atoms with E-state index in [0.29, 0.717) is 39.5 Å². The van der Waals surface area contributed by atoms with Gasteiger partial charge in [-0.2, -0.15) is 0 Å². The SMILES string of the molecule is COc1cc(C(=O)/C(=C/c2ccccc2)c2nc3ccccc3o2)cc(OC)c1OC. The van der Waals surface area contributed by atoms with Crippen molar-refractivity contribution in [3.63, 3.8) is 0 Å². The molecular weight excluding hydrogens is 394 g/mol. The first kappa shape index (κ1) is 20.2. The van der Waals surface area contributed by atoms with Crippen LogP contribution in [0.25, 0.3) is 22.7 Å². The summed E-state index contributed by atoms with van der Waals surface area (Å²) >= 11 is 0. The average molecular weight is 415 g/mol. The van der Waals surface area contributed by atoms with E-state index in [4.69, 9.17) is 18.6 Å². The second-order valence-corrected chi connectivity index (χ2v) is 6.70. The van der Waals surface area contributed by atoms with Gasteiger partial charge in [-0.15, -0.1) is 0 Å². The Labute approximate surface area is 179 Å². The predicted molar refractivity (Wildman–Crippen MR) is 119 cm³/mol. The van der Waals surface area contributed by atoms with Gasteiger partial charge in [-0.3, -0.25) is 4.79 Å². The molecule has 0 atom stereocenters. The van der Waals surface area contributed by atoms with E-state index in [0.717, 1.165) is 5.56 Å². The number of methoxy groups -OCH3 is 3. The highest BCUT2D eigenvalue weighted by atomic mass is 16.5. The number of oxazole rings is 1. The lowest BCUT2D eigenvalue weighted by Crippen LogP contribution is -2.05. The third kappa shape index (κ3) is 4.00. The minimum atomic E-state index is -0.283. The molecule has 1 aromatic heterocycles. The number of allylic oxidation sites excluding steroid dienone is 1. The molecule has 4 rings (SSSR count). The number of carbonyl (C=O) groups is 1. The summed E-state index contributed by atoms with van der Waals surface area (Å²) in [6.07, 6.45) is 1.76. The van der Waals surface area contributed by atoms with Crippen LogP contribution in [0.2, 0.25) is 0 Å². The van der Waals surface area contributed by atoms with E-state index in [2.05, 4.69) is 4.98 Å². The average Bonchev–Trinajstić information content (AvgIpc) is 3.25. The first-order chi connectivity index (χ1) is 15.1. The maximum Gasteiger partial charge on any atom is 0.231 e. The molecule has 1 heterocycles. The maximum absolute atomic E-state index is 13.6. The molecule has 31 heavy (non-hydrogen) atoms. The number of hydrogen-bond donors (Lipinski definition) is 0. The Balaban J connectivity index is 1.88. The van der Waals surface area contributed by atoms with Crippen molar-refractivity contribution in [1.82, 2.24) is 4.98 Å². The van der Waals surface area contributed by atoms with Crippen LogP contribution >= 0.6 is 0 Å². The Hall–Kier alpha value is -4.06. The molecule has 4 aromatic rings.